The van der Waals surface area contributed by atoms with E-state index in [1.807, 2.05) is 0 Å². The van der Waals surface area contributed by atoms with E-state index in [0.717, 1.165) is 12.4 Å². The molecule has 1 saturated heterocycles. The third kappa shape index (κ3) is 5.44. The van der Waals surface area contributed by atoms with Crippen molar-refractivity contribution >= 4 is 18.3 Å². The van der Waals surface area contributed by atoms with E-state index >= 15 is 0 Å². The van der Waals surface area contributed by atoms with Crippen molar-refractivity contribution in [3.63, 3.8) is 0 Å². The second-order valence-electron chi connectivity index (χ2n) is 8.15. The third-order valence-electron chi connectivity index (χ3n) is 4.48. The van der Waals surface area contributed by atoms with Crippen molar-refractivity contribution in [3.05, 3.63) is 29.6 Å². The number of guanidine groups is 1. The number of phenolic OH excluding ortho intramolecular Hbond substituents is 1. The smallest absolute Gasteiger partial charge is 0.437 e. The first-order valence-corrected chi connectivity index (χ1v) is 9.28. The number of phenols is 1. The van der Waals surface area contributed by atoms with E-state index in [-0.39, 0.29) is 23.9 Å². The molecular weight excluding hydrogens is 381 g/mol. The minimum atomic E-state index is -1.37. The van der Waals surface area contributed by atoms with Crippen molar-refractivity contribution in [2.75, 3.05) is 27.3 Å². The Hall–Kier alpha value is -2.68. The molecule has 0 radical (unpaired) electrons. The van der Waals surface area contributed by atoms with Crippen molar-refractivity contribution in [2.24, 2.45) is 10.9 Å². The zero-order valence-electron chi connectivity index (χ0n) is 17.4. The van der Waals surface area contributed by atoms with Gasteiger partial charge in [-0.1, -0.05) is 0 Å². The second-order valence-corrected chi connectivity index (χ2v) is 8.15. The Balaban J connectivity index is 2.54. The van der Waals surface area contributed by atoms with Crippen molar-refractivity contribution < 1.29 is 28.6 Å². The van der Waals surface area contributed by atoms with Gasteiger partial charge < -0.3 is 29.6 Å². The average molecular weight is 409 g/mol. The summed E-state index contributed by atoms with van der Waals surface area (Å²) in [5.74, 6) is -1.40. The number of amides is 1. The van der Waals surface area contributed by atoms with Crippen LogP contribution in [0.25, 0.3) is 0 Å². The average Bonchev–Trinajstić information content (AvgIpc) is 2.61. The lowest BCUT2D eigenvalue weighted by Gasteiger charge is -2.44. The number of hydrogen-bond donors (Lipinski definition) is 2. The molecule has 1 aliphatic rings. The molecule has 1 heterocycles. The lowest BCUT2D eigenvalue weighted by Crippen LogP contribution is -2.60. The number of aliphatic imine (C=N–C) groups is 1. The van der Waals surface area contributed by atoms with Gasteiger partial charge in [0.05, 0.1) is 6.61 Å². The molecule has 9 heteroatoms. The summed E-state index contributed by atoms with van der Waals surface area (Å²) < 4.78 is 25.6. The van der Waals surface area contributed by atoms with Crippen LogP contribution in [-0.2, 0) is 19.8 Å². The molecule has 29 heavy (non-hydrogen) atoms. The Bertz CT molecular complexity index is 791. The number of nitrogens with one attached hydrogen (secondary N) is 1. The van der Waals surface area contributed by atoms with Gasteiger partial charge in [0.1, 0.15) is 29.0 Å². The molecule has 0 spiro atoms. The first kappa shape index (κ1) is 22.6. The number of aromatic hydroxyl groups is 1. The van der Waals surface area contributed by atoms with Gasteiger partial charge in [-0.2, -0.15) is 0 Å². The largest absolute Gasteiger partial charge is 0.508 e. The quantitative estimate of drug-likeness (QED) is 0.449. The second kappa shape index (κ2) is 8.77. The van der Waals surface area contributed by atoms with Gasteiger partial charge in [-0.3, -0.25) is 0 Å². The number of halogens is 1. The molecule has 0 aliphatic carbocycles. The first-order chi connectivity index (χ1) is 13.5. The fraction of sp³-hybridized carbons (Fsp3) is 0.550. The molecule has 8 nitrogen and oxygen atoms in total. The summed E-state index contributed by atoms with van der Waals surface area (Å²) in [5.41, 5.74) is -2.06. The van der Waals surface area contributed by atoms with Crippen LogP contribution in [0.15, 0.2) is 23.2 Å². The number of ether oxygens (including phenoxy) is 2. The number of nitrogens with zero attached hydrogens (tertiary/aromatic N) is 2. The maximum absolute atomic E-state index is 14.8. The zero-order chi connectivity index (χ0) is 21.8. The maximum atomic E-state index is 14.8. The van der Waals surface area contributed by atoms with Gasteiger partial charge in [0.2, 0.25) is 5.96 Å². The Kier molecular flexibility index (Phi) is 6.84. The Morgan fingerprint density at radius 3 is 2.72 bits per heavy atom. The van der Waals surface area contributed by atoms with E-state index in [4.69, 9.17) is 9.47 Å². The van der Waals surface area contributed by atoms with Gasteiger partial charge in [-0.05, 0) is 45.4 Å². The summed E-state index contributed by atoms with van der Waals surface area (Å²) in [6.45, 7) is 5.41. The van der Waals surface area contributed by atoms with Gasteiger partial charge in [0, 0.05) is 32.2 Å². The van der Waals surface area contributed by atoms with E-state index in [2.05, 4.69) is 10.3 Å². The van der Waals surface area contributed by atoms with E-state index in [1.165, 1.54) is 17.0 Å². The highest BCUT2D eigenvalue weighted by Gasteiger charge is 2.46. The number of carbonyl (C=O) groups excluding carboxylic acids is 2. The number of benzene rings is 1. The minimum absolute atomic E-state index is 0.0491. The molecule has 1 aromatic rings. The molecule has 1 amide bonds. The number of aldehydes is 1. The Morgan fingerprint density at radius 1 is 1.45 bits per heavy atom. The first-order valence-electron chi connectivity index (χ1n) is 9.28. The van der Waals surface area contributed by atoms with Crippen LogP contribution in [0.1, 0.15) is 32.8 Å². The standard InChI is InChI=1S/C20H28FN3O5/c1-19(2,3)29-18(27)22-17(24(4)5)23-20(12-28-9-8-13(20)11-25)15-10-14(26)6-7-16(15)21/h6-7,10-11,13,26H,8-9,12H2,1-5H3,(H,22,23,27)/t13-,20?/m0/s1. The highest BCUT2D eigenvalue weighted by molar-refractivity contribution is 5.91. The molecule has 2 N–H and O–H groups in total. The summed E-state index contributed by atoms with van der Waals surface area (Å²) in [7, 11) is 3.28. The molecule has 0 aromatic heterocycles. The molecule has 2 atom stereocenters. The van der Waals surface area contributed by atoms with Crippen molar-refractivity contribution in [3.8, 4) is 5.75 Å². The SMILES string of the molecule is CN(C)C(=NC(=O)OC(C)(C)C)NC1(c2cc(O)ccc2F)COCC[C@H]1C=O. The molecule has 2 rings (SSSR count). The number of hydrogen-bond acceptors (Lipinski definition) is 5. The van der Waals surface area contributed by atoms with E-state index in [1.54, 1.807) is 34.9 Å². The fourth-order valence-electron chi connectivity index (χ4n) is 3.12. The van der Waals surface area contributed by atoms with Gasteiger partial charge in [-0.25, -0.2) is 9.18 Å². The van der Waals surface area contributed by atoms with Gasteiger partial charge in [-0.15, -0.1) is 4.99 Å². The van der Waals surface area contributed by atoms with Gasteiger partial charge in [0.25, 0.3) is 0 Å². The summed E-state index contributed by atoms with van der Waals surface area (Å²) in [6.07, 6.45) is 0.220. The van der Waals surface area contributed by atoms with E-state index < -0.39 is 29.0 Å². The molecule has 1 aliphatic heterocycles. The van der Waals surface area contributed by atoms with Crippen molar-refractivity contribution in [1.82, 2.24) is 10.2 Å². The fourth-order valence-corrected chi connectivity index (χ4v) is 3.12. The summed E-state index contributed by atoms with van der Waals surface area (Å²) in [4.78, 5) is 29.6. The molecule has 1 aromatic carbocycles. The van der Waals surface area contributed by atoms with Crippen LogP contribution in [0, 0.1) is 11.7 Å². The molecule has 0 saturated carbocycles. The summed E-state index contributed by atoms with van der Waals surface area (Å²) in [5, 5.41) is 13.0. The van der Waals surface area contributed by atoms with Gasteiger partial charge in [0.15, 0.2) is 0 Å². The Labute approximate surface area is 169 Å². The molecule has 1 fully saturated rings. The maximum Gasteiger partial charge on any atom is 0.437 e. The highest BCUT2D eigenvalue weighted by Crippen LogP contribution is 2.37. The van der Waals surface area contributed by atoms with Crippen LogP contribution in [0.3, 0.4) is 0 Å². The summed E-state index contributed by atoms with van der Waals surface area (Å²) >= 11 is 0. The Morgan fingerprint density at radius 2 is 2.14 bits per heavy atom. The summed E-state index contributed by atoms with van der Waals surface area (Å²) in [6, 6.07) is 3.58. The van der Waals surface area contributed by atoms with Crippen LogP contribution >= 0.6 is 0 Å². The third-order valence-corrected chi connectivity index (χ3v) is 4.48. The normalized spacial score (nSPS) is 22.7. The predicted molar refractivity (Wildman–Crippen MR) is 105 cm³/mol. The van der Waals surface area contributed by atoms with E-state index in [9.17, 15) is 19.1 Å². The highest BCUT2D eigenvalue weighted by atomic mass is 19.1. The van der Waals surface area contributed by atoms with Crippen LogP contribution in [0.5, 0.6) is 5.75 Å². The molecule has 160 valence electrons. The topological polar surface area (TPSA) is 100 Å². The predicted octanol–water partition coefficient (Wildman–Crippen LogP) is 2.40. The number of rotatable bonds is 3. The van der Waals surface area contributed by atoms with Crippen molar-refractivity contribution in [2.45, 2.75) is 38.3 Å². The molecule has 1 unspecified atom stereocenters. The van der Waals surface area contributed by atoms with Crippen LogP contribution in [0.2, 0.25) is 0 Å². The van der Waals surface area contributed by atoms with Crippen LogP contribution in [0.4, 0.5) is 9.18 Å². The van der Waals surface area contributed by atoms with Crippen LogP contribution in [-0.4, -0.2) is 61.3 Å². The number of carbonyl (C=O) groups is 2. The van der Waals surface area contributed by atoms with Gasteiger partial charge >= 0.3 is 6.09 Å². The molecular formula is C20H28FN3O5. The zero-order valence-corrected chi connectivity index (χ0v) is 17.4. The molecule has 0 bridgehead atoms. The minimum Gasteiger partial charge on any atom is -0.508 e. The van der Waals surface area contributed by atoms with E-state index in [0.29, 0.717) is 13.0 Å². The lowest BCUT2D eigenvalue weighted by molar-refractivity contribution is -0.119. The lowest BCUT2D eigenvalue weighted by atomic mass is 9.76. The van der Waals surface area contributed by atoms with Crippen molar-refractivity contribution in [1.29, 1.82) is 0 Å². The van der Waals surface area contributed by atoms with Crippen LogP contribution < -0.4 is 5.32 Å². The monoisotopic (exact) mass is 409 g/mol.